The fourth-order valence-corrected chi connectivity index (χ4v) is 4.09. The Balaban J connectivity index is 1.24. The van der Waals surface area contributed by atoms with Crippen molar-refractivity contribution >= 4 is 28.8 Å². The second-order valence-electron chi connectivity index (χ2n) is 6.95. The number of hydrogen-bond donors (Lipinski definition) is 1. The van der Waals surface area contributed by atoms with Gasteiger partial charge in [0.05, 0.1) is 16.6 Å². The Kier molecular flexibility index (Phi) is 5.67. The van der Waals surface area contributed by atoms with E-state index in [0.29, 0.717) is 17.2 Å². The molecular formula is C24H18N4O3S. The first-order chi connectivity index (χ1) is 15.8. The van der Waals surface area contributed by atoms with Gasteiger partial charge in [-0.05, 0) is 35.9 Å². The Bertz CT molecular complexity index is 1330. The number of nitrogens with zero attached hydrogens (tertiary/aromatic N) is 3. The summed E-state index contributed by atoms with van der Waals surface area (Å²) in [5.41, 5.74) is 4.07. The standard InChI is InChI=1S/C24H18N4O3S/c29-23(30-14-21-27-28-22(31-21)16-8-2-1-3-9-16)18-11-5-4-10-17(18)15-32-24-25-19-12-6-7-13-20(19)26-24/h1-13H,14-15H2,(H,25,26). The van der Waals surface area contributed by atoms with Crippen LogP contribution in [0.15, 0.2) is 88.4 Å². The summed E-state index contributed by atoms with van der Waals surface area (Å²) in [7, 11) is 0. The van der Waals surface area contributed by atoms with E-state index in [1.807, 2.05) is 72.8 Å². The summed E-state index contributed by atoms with van der Waals surface area (Å²) in [6.07, 6.45) is 0. The van der Waals surface area contributed by atoms with Crippen molar-refractivity contribution in [2.75, 3.05) is 0 Å². The Hall–Kier alpha value is -3.91. The van der Waals surface area contributed by atoms with Crippen molar-refractivity contribution < 1.29 is 13.9 Å². The van der Waals surface area contributed by atoms with Crippen LogP contribution in [-0.4, -0.2) is 26.1 Å². The molecule has 2 aromatic heterocycles. The quantitative estimate of drug-likeness (QED) is 0.271. The highest BCUT2D eigenvalue weighted by Crippen LogP contribution is 2.25. The largest absolute Gasteiger partial charge is 0.452 e. The van der Waals surface area contributed by atoms with E-state index in [9.17, 15) is 4.79 Å². The second kappa shape index (κ2) is 9.07. The third-order valence-corrected chi connectivity index (χ3v) is 5.71. The smallest absolute Gasteiger partial charge is 0.338 e. The third-order valence-electron chi connectivity index (χ3n) is 4.78. The number of benzene rings is 3. The third kappa shape index (κ3) is 4.40. The number of imidazole rings is 1. The molecule has 1 N–H and O–H groups in total. The molecule has 0 saturated heterocycles. The van der Waals surface area contributed by atoms with Crippen molar-refractivity contribution in [3.8, 4) is 11.5 Å². The van der Waals surface area contributed by atoms with Crippen LogP contribution in [-0.2, 0) is 17.1 Å². The molecule has 0 spiro atoms. The van der Waals surface area contributed by atoms with Crippen molar-refractivity contribution in [3.05, 3.63) is 95.9 Å². The molecule has 7 nitrogen and oxygen atoms in total. The molecule has 0 aliphatic carbocycles. The fraction of sp³-hybridized carbons (Fsp3) is 0.0833. The van der Waals surface area contributed by atoms with Gasteiger partial charge in [0, 0.05) is 11.3 Å². The molecule has 0 fully saturated rings. The number of H-pyrrole nitrogens is 1. The molecule has 0 bridgehead atoms. The average molecular weight is 443 g/mol. The first-order valence-electron chi connectivity index (χ1n) is 9.96. The normalized spacial score (nSPS) is 11.0. The number of esters is 1. The van der Waals surface area contributed by atoms with Crippen LogP contribution in [0.1, 0.15) is 21.8 Å². The highest BCUT2D eigenvalue weighted by molar-refractivity contribution is 7.98. The Morgan fingerprint density at radius 3 is 2.59 bits per heavy atom. The van der Waals surface area contributed by atoms with Crippen molar-refractivity contribution in [2.45, 2.75) is 17.5 Å². The lowest BCUT2D eigenvalue weighted by molar-refractivity contribution is 0.0437. The molecule has 32 heavy (non-hydrogen) atoms. The summed E-state index contributed by atoms with van der Waals surface area (Å²) in [4.78, 5) is 20.6. The van der Waals surface area contributed by atoms with Gasteiger partial charge in [0.15, 0.2) is 11.8 Å². The number of para-hydroxylation sites is 2. The summed E-state index contributed by atoms with van der Waals surface area (Å²) in [5.74, 6) is 0.764. The molecule has 0 atom stereocenters. The molecule has 0 amide bonds. The number of rotatable bonds is 7. The average Bonchev–Trinajstić information content (AvgIpc) is 3.49. The molecule has 3 aromatic carbocycles. The van der Waals surface area contributed by atoms with E-state index in [0.717, 1.165) is 27.3 Å². The van der Waals surface area contributed by atoms with E-state index in [2.05, 4.69) is 20.2 Å². The van der Waals surface area contributed by atoms with E-state index in [1.165, 1.54) is 11.8 Å². The van der Waals surface area contributed by atoms with Crippen LogP contribution >= 0.6 is 11.8 Å². The van der Waals surface area contributed by atoms with Crippen LogP contribution in [0.25, 0.3) is 22.5 Å². The number of nitrogens with one attached hydrogen (secondary N) is 1. The predicted molar refractivity (Wildman–Crippen MR) is 121 cm³/mol. The van der Waals surface area contributed by atoms with E-state index in [4.69, 9.17) is 9.15 Å². The summed E-state index contributed by atoms with van der Waals surface area (Å²) >= 11 is 1.53. The number of aromatic nitrogens is 4. The SMILES string of the molecule is O=C(OCc1nnc(-c2ccccc2)o1)c1ccccc1CSc1nc2ccccc2[nH]1. The van der Waals surface area contributed by atoms with Gasteiger partial charge >= 0.3 is 5.97 Å². The Labute approximate surface area is 187 Å². The number of carbonyl (C=O) groups is 1. The van der Waals surface area contributed by atoms with Gasteiger partial charge in [-0.25, -0.2) is 9.78 Å². The van der Waals surface area contributed by atoms with Crippen LogP contribution in [0.4, 0.5) is 0 Å². The van der Waals surface area contributed by atoms with Gasteiger partial charge < -0.3 is 14.1 Å². The number of aromatic amines is 1. The van der Waals surface area contributed by atoms with Gasteiger partial charge in [0.2, 0.25) is 5.89 Å². The summed E-state index contributed by atoms with van der Waals surface area (Å²) in [6, 6.07) is 24.7. The van der Waals surface area contributed by atoms with Crippen LogP contribution < -0.4 is 0 Å². The number of ether oxygens (including phenoxy) is 1. The highest BCUT2D eigenvalue weighted by Gasteiger charge is 2.16. The zero-order valence-electron chi connectivity index (χ0n) is 16.9. The van der Waals surface area contributed by atoms with Crippen LogP contribution in [0.3, 0.4) is 0 Å². The van der Waals surface area contributed by atoms with Crippen LogP contribution in [0.2, 0.25) is 0 Å². The minimum Gasteiger partial charge on any atom is -0.452 e. The van der Waals surface area contributed by atoms with Gasteiger partial charge in [0.1, 0.15) is 0 Å². The maximum atomic E-state index is 12.7. The van der Waals surface area contributed by atoms with Crippen molar-refractivity contribution in [2.24, 2.45) is 0 Å². The summed E-state index contributed by atoms with van der Waals surface area (Å²) in [5, 5.41) is 8.78. The molecule has 5 rings (SSSR count). The number of thioether (sulfide) groups is 1. The van der Waals surface area contributed by atoms with Crippen molar-refractivity contribution in [1.82, 2.24) is 20.2 Å². The van der Waals surface area contributed by atoms with Crippen molar-refractivity contribution in [3.63, 3.8) is 0 Å². The molecule has 2 heterocycles. The zero-order chi connectivity index (χ0) is 21.8. The van der Waals surface area contributed by atoms with Crippen LogP contribution in [0.5, 0.6) is 0 Å². The lowest BCUT2D eigenvalue weighted by atomic mass is 10.1. The topological polar surface area (TPSA) is 93.9 Å². The number of hydrogen-bond acceptors (Lipinski definition) is 7. The number of carbonyl (C=O) groups excluding carboxylic acids is 1. The van der Waals surface area contributed by atoms with Crippen LogP contribution in [0, 0.1) is 0 Å². The molecule has 0 radical (unpaired) electrons. The second-order valence-corrected chi connectivity index (χ2v) is 7.91. The minimum absolute atomic E-state index is 0.0935. The van der Waals surface area contributed by atoms with Gasteiger partial charge in [-0.3, -0.25) is 0 Å². The lowest BCUT2D eigenvalue weighted by Gasteiger charge is -2.08. The highest BCUT2D eigenvalue weighted by atomic mass is 32.2. The molecular weight excluding hydrogens is 424 g/mol. The maximum Gasteiger partial charge on any atom is 0.338 e. The molecule has 0 aliphatic heterocycles. The van der Waals surface area contributed by atoms with E-state index in [-0.39, 0.29) is 12.5 Å². The van der Waals surface area contributed by atoms with Gasteiger partial charge in [-0.1, -0.05) is 60.3 Å². The fourth-order valence-electron chi connectivity index (χ4n) is 3.20. The molecule has 5 aromatic rings. The Morgan fingerprint density at radius 2 is 1.72 bits per heavy atom. The Morgan fingerprint density at radius 1 is 0.938 bits per heavy atom. The monoisotopic (exact) mass is 442 g/mol. The molecule has 0 unspecified atom stereocenters. The van der Waals surface area contributed by atoms with Gasteiger partial charge in [-0.2, -0.15) is 0 Å². The zero-order valence-corrected chi connectivity index (χ0v) is 17.7. The molecule has 0 aliphatic rings. The summed E-state index contributed by atoms with van der Waals surface area (Å²) < 4.78 is 11.0. The maximum absolute atomic E-state index is 12.7. The molecule has 158 valence electrons. The first kappa shape index (κ1) is 20.0. The van der Waals surface area contributed by atoms with E-state index in [1.54, 1.807) is 6.07 Å². The molecule has 0 saturated carbocycles. The van der Waals surface area contributed by atoms with Gasteiger partial charge in [-0.15, -0.1) is 10.2 Å². The lowest BCUT2D eigenvalue weighted by Crippen LogP contribution is -2.08. The first-order valence-corrected chi connectivity index (χ1v) is 11.0. The predicted octanol–water partition coefficient (Wildman–Crippen LogP) is 5.26. The molecule has 8 heteroatoms. The summed E-state index contributed by atoms with van der Waals surface area (Å²) in [6.45, 7) is -0.0935. The minimum atomic E-state index is -0.440. The van der Waals surface area contributed by atoms with E-state index < -0.39 is 5.97 Å². The van der Waals surface area contributed by atoms with Crippen molar-refractivity contribution in [1.29, 1.82) is 0 Å². The van der Waals surface area contributed by atoms with E-state index >= 15 is 0 Å². The number of fused-ring (bicyclic) bond motifs is 1. The van der Waals surface area contributed by atoms with Gasteiger partial charge in [0.25, 0.3) is 5.89 Å².